The van der Waals surface area contributed by atoms with Crippen molar-refractivity contribution in [3.8, 4) is 11.1 Å². The molecule has 4 saturated carbocycles. The molecule has 2 amide bonds. The summed E-state index contributed by atoms with van der Waals surface area (Å²) in [6, 6.07) is 11.5. The van der Waals surface area contributed by atoms with E-state index in [0.717, 1.165) is 137 Å². The molecule has 14 heteroatoms. The Kier molecular flexibility index (Phi) is 11.7. The highest BCUT2D eigenvalue weighted by Gasteiger charge is 2.55. The first-order chi connectivity index (χ1) is 30.8. The van der Waals surface area contributed by atoms with Gasteiger partial charge in [0, 0.05) is 88.3 Å². The van der Waals surface area contributed by atoms with Crippen LogP contribution in [-0.2, 0) is 49.6 Å². The fraction of sp³-hybridized carbons (Fsp3) is 0.580. The number of hydrogen-bond donors (Lipinski definition) is 1. The minimum Gasteiger partial charge on any atom is -0.384 e. The number of aromatic nitrogens is 4. The summed E-state index contributed by atoms with van der Waals surface area (Å²) in [7, 11) is 5.73. The number of nitrogens with zero attached hydrogens (tertiary/aromatic N) is 7. The molecule has 0 saturated heterocycles. The van der Waals surface area contributed by atoms with Crippen LogP contribution in [-0.4, -0.2) is 86.9 Å². The van der Waals surface area contributed by atoms with Crippen molar-refractivity contribution in [2.24, 2.45) is 35.8 Å². The van der Waals surface area contributed by atoms with Gasteiger partial charge in [-0.15, -0.1) is 0 Å². The molecule has 4 fully saturated rings. The van der Waals surface area contributed by atoms with Gasteiger partial charge in [0.25, 0.3) is 5.91 Å². The van der Waals surface area contributed by atoms with Gasteiger partial charge in [-0.25, -0.2) is 13.1 Å². The highest BCUT2D eigenvalue weighted by molar-refractivity contribution is 14.1. The quantitative estimate of drug-likeness (QED) is 0.0756. The highest BCUT2D eigenvalue weighted by Crippen LogP contribution is 2.63. The van der Waals surface area contributed by atoms with Gasteiger partial charge in [0.05, 0.1) is 51.6 Å². The molecular weight excluding hydrogens is 939 g/mol. The van der Waals surface area contributed by atoms with E-state index in [1.807, 2.05) is 73.7 Å². The van der Waals surface area contributed by atoms with E-state index in [-0.39, 0.29) is 17.2 Å². The van der Waals surface area contributed by atoms with Crippen LogP contribution in [0.25, 0.3) is 11.1 Å². The summed E-state index contributed by atoms with van der Waals surface area (Å²) in [5, 5.41) is 3.60. The molecule has 0 unspecified atom stereocenters. The molecule has 4 bridgehead atoms. The Morgan fingerprint density at radius 3 is 2.00 bits per heavy atom. The molecule has 2 aromatic heterocycles. The van der Waals surface area contributed by atoms with Crippen LogP contribution in [0.1, 0.15) is 127 Å². The fourth-order valence-electron chi connectivity index (χ4n) is 13.2. The second-order valence-electron chi connectivity index (χ2n) is 20.8. The number of imidazole rings is 2. The zero-order chi connectivity index (χ0) is 44.6. The number of aldehydes is 1. The number of ether oxygens (including phenoxy) is 1. The van der Waals surface area contributed by atoms with Gasteiger partial charge in [0.1, 0.15) is 6.29 Å². The number of carbonyl (C=O) groups excluding carboxylic acids is 3. The average molecular weight is 1000 g/mol. The van der Waals surface area contributed by atoms with E-state index in [1.54, 1.807) is 3.11 Å². The first-order valence-electron chi connectivity index (χ1n) is 23.5. The monoisotopic (exact) mass is 1000 g/mol. The van der Waals surface area contributed by atoms with Crippen molar-refractivity contribution in [1.82, 2.24) is 28.9 Å². The first kappa shape index (κ1) is 44.2. The van der Waals surface area contributed by atoms with Gasteiger partial charge in [-0.2, -0.15) is 0 Å². The molecule has 0 spiro atoms. The minimum atomic E-state index is -0.258. The molecule has 10 rings (SSSR count). The minimum absolute atomic E-state index is 0.0584. The molecule has 1 N–H and O–H groups in total. The summed E-state index contributed by atoms with van der Waals surface area (Å²) < 4.78 is 11.1. The number of fused-ring (bicyclic) bond motifs is 6. The van der Waals surface area contributed by atoms with Gasteiger partial charge in [0.2, 0.25) is 5.82 Å². The molecule has 4 aliphatic carbocycles. The molecule has 2 aromatic carbocycles. The maximum absolute atomic E-state index is 14.2. The molecule has 12 nitrogen and oxygen atoms in total. The average Bonchev–Trinajstić information content (AvgIpc) is 4.16. The molecule has 0 atom stereocenters. The maximum atomic E-state index is 14.2. The second kappa shape index (κ2) is 16.9. The molecule has 340 valence electrons. The lowest BCUT2D eigenvalue weighted by Gasteiger charge is -2.32. The first-order valence-corrected chi connectivity index (χ1v) is 24.8. The van der Waals surface area contributed by atoms with E-state index >= 15 is 0 Å². The van der Waals surface area contributed by atoms with Crippen molar-refractivity contribution in [3.63, 3.8) is 0 Å². The van der Waals surface area contributed by atoms with E-state index < -0.39 is 0 Å². The molecule has 2 aliphatic heterocycles. The Hall–Kier alpha value is -3.63. The molecule has 4 heterocycles. The lowest BCUT2D eigenvalue weighted by atomic mass is 9.80. The summed E-state index contributed by atoms with van der Waals surface area (Å²) in [6.07, 6.45) is 17.3. The lowest BCUT2D eigenvalue weighted by Crippen LogP contribution is -2.34. The fourth-order valence-corrected chi connectivity index (χ4v) is 14.3. The molecule has 6 aliphatic rings. The van der Waals surface area contributed by atoms with Gasteiger partial charge in [0.15, 0.2) is 5.82 Å². The summed E-state index contributed by atoms with van der Waals surface area (Å²) >= 11 is 9.27. The zero-order valence-electron chi connectivity index (χ0n) is 37.9. The van der Waals surface area contributed by atoms with Gasteiger partial charge in [-0.3, -0.25) is 19.4 Å². The van der Waals surface area contributed by atoms with Crippen molar-refractivity contribution in [1.29, 1.82) is 0 Å². The van der Waals surface area contributed by atoms with Gasteiger partial charge >= 0.3 is 5.91 Å². The van der Waals surface area contributed by atoms with Crippen LogP contribution in [0.3, 0.4) is 0 Å². The van der Waals surface area contributed by atoms with Crippen LogP contribution in [0, 0.1) is 28.6 Å². The van der Waals surface area contributed by atoms with E-state index in [0.29, 0.717) is 44.3 Å². The predicted octanol–water partition coefficient (Wildman–Crippen LogP) is 9.27. The predicted molar refractivity (Wildman–Crippen MR) is 258 cm³/mol. The number of amides is 2. The summed E-state index contributed by atoms with van der Waals surface area (Å²) in [5.74, 6) is 0.323. The van der Waals surface area contributed by atoms with Crippen LogP contribution in [0.4, 0.5) is 11.4 Å². The van der Waals surface area contributed by atoms with Crippen molar-refractivity contribution in [2.75, 3.05) is 48.3 Å². The molecule has 4 aromatic rings. The normalized spacial score (nSPS) is 27.2. The summed E-state index contributed by atoms with van der Waals surface area (Å²) in [5.41, 5.74) is 9.03. The van der Waals surface area contributed by atoms with Crippen LogP contribution < -0.4 is 8.43 Å². The Morgan fingerprint density at radius 1 is 0.812 bits per heavy atom. The van der Waals surface area contributed by atoms with Crippen LogP contribution in [0.5, 0.6) is 0 Å². The van der Waals surface area contributed by atoms with E-state index in [1.165, 1.54) is 44.8 Å². The SMILES string of the molecule is COCC12CCC(CCN3CCc4c(nc(C(=O)N(I)c5cccc(-c6cccc(NC(=O)c7nc8c(n7C)CCN(CCC79CCC(C=O)(CC7)C9)C8)c6C)c5Cl)n4C)C3)(CC1)C2. The zero-order valence-corrected chi connectivity index (χ0v) is 40.8. The number of benzene rings is 2. The lowest BCUT2D eigenvalue weighted by molar-refractivity contribution is -0.115. The Labute approximate surface area is 396 Å². The third kappa shape index (κ3) is 7.76. The smallest absolute Gasteiger partial charge is 0.303 e. The highest BCUT2D eigenvalue weighted by atomic mass is 127. The number of hydrogen-bond acceptors (Lipinski definition) is 8. The van der Waals surface area contributed by atoms with Gasteiger partial charge < -0.3 is 24.0 Å². The Balaban J connectivity index is 0.793. The maximum Gasteiger partial charge on any atom is 0.303 e. The molecule has 0 radical (unpaired) electrons. The van der Waals surface area contributed by atoms with E-state index in [4.69, 9.17) is 26.3 Å². The summed E-state index contributed by atoms with van der Waals surface area (Å²) in [4.78, 5) is 54.9. The Morgan fingerprint density at radius 2 is 1.38 bits per heavy atom. The van der Waals surface area contributed by atoms with E-state index in [9.17, 15) is 14.4 Å². The van der Waals surface area contributed by atoms with Gasteiger partial charge in [-0.1, -0.05) is 35.9 Å². The van der Waals surface area contributed by atoms with Crippen LogP contribution in [0.2, 0.25) is 5.02 Å². The van der Waals surface area contributed by atoms with E-state index in [2.05, 4.69) is 38.0 Å². The summed E-state index contributed by atoms with van der Waals surface area (Å²) in [6.45, 7) is 8.31. The van der Waals surface area contributed by atoms with Crippen LogP contribution in [0.15, 0.2) is 36.4 Å². The number of rotatable bonds is 14. The number of nitrogens with one attached hydrogen (secondary N) is 1. The number of anilines is 2. The number of halogens is 2. The van der Waals surface area contributed by atoms with Crippen LogP contribution >= 0.6 is 34.5 Å². The standard InChI is InChI=1S/C50H62ClIN8O4/c1-33-34(7-5-9-36(33)55-45(62)43-53-37-27-58(23-11-39(37)56(43)2)25-21-47-13-17-49(29-47,31-61)18-14-47)35-8-6-10-41(42(35)51)60(52)46(63)44-54-38-28-59(24-12-40(38)57(44)3)26-22-48-15-19-50(30-48,20-16-48)32-64-4/h5-10,31H,11-30,32H2,1-4H3,(H,55,62). The van der Waals surface area contributed by atoms with Gasteiger partial charge in [-0.05, 0) is 137 Å². The number of methoxy groups -OCH3 is 1. The molecule has 64 heavy (non-hydrogen) atoms. The largest absolute Gasteiger partial charge is 0.384 e. The Bertz CT molecular complexity index is 2500. The second-order valence-corrected chi connectivity index (χ2v) is 22.1. The topological polar surface area (TPSA) is 118 Å². The van der Waals surface area contributed by atoms with Crippen molar-refractivity contribution in [2.45, 2.75) is 110 Å². The number of carbonyl (C=O) groups is 3. The van der Waals surface area contributed by atoms with Crippen molar-refractivity contribution >= 4 is 63.9 Å². The molecular formula is C50H62ClIN8O4. The third-order valence-corrected chi connectivity index (χ3v) is 18.4. The van der Waals surface area contributed by atoms with Crippen molar-refractivity contribution in [3.05, 3.63) is 81.4 Å². The van der Waals surface area contributed by atoms with Crippen molar-refractivity contribution < 1.29 is 19.1 Å². The third-order valence-electron chi connectivity index (χ3n) is 17.1.